The fourth-order valence-electron chi connectivity index (χ4n) is 0.933. The van der Waals surface area contributed by atoms with Crippen LogP contribution in [0.4, 0.5) is 0 Å². The van der Waals surface area contributed by atoms with Crippen LogP contribution in [0.1, 0.15) is 13.8 Å². The summed E-state index contributed by atoms with van der Waals surface area (Å²) in [6.07, 6.45) is 3.39. The molecule has 0 saturated carbocycles. The van der Waals surface area contributed by atoms with Crippen LogP contribution in [0, 0.1) is 0 Å². The van der Waals surface area contributed by atoms with Crippen LogP contribution in [-0.2, 0) is 0 Å². The molecule has 2 aromatic rings. The molecule has 0 amide bonds. The summed E-state index contributed by atoms with van der Waals surface area (Å²) >= 11 is 0. The summed E-state index contributed by atoms with van der Waals surface area (Å²) in [7, 11) is 0. The van der Waals surface area contributed by atoms with E-state index < -0.39 is 0 Å². The summed E-state index contributed by atoms with van der Waals surface area (Å²) < 4.78 is 5.16. The van der Waals surface area contributed by atoms with Crippen molar-refractivity contribution in [3.63, 3.8) is 0 Å². The van der Waals surface area contributed by atoms with Crippen LogP contribution in [-0.4, -0.2) is 4.98 Å². The highest BCUT2D eigenvalue weighted by molar-refractivity contribution is 5.50. The molecule has 0 aromatic carbocycles. The van der Waals surface area contributed by atoms with Gasteiger partial charge >= 0.3 is 0 Å². The molecule has 0 spiro atoms. The van der Waals surface area contributed by atoms with E-state index in [2.05, 4.69) is 4.98 Å². The van der Waals surface area contributed by atoms with Crippen molar-refractivity contribution in [2.24, 2.45) is 0 Å². The zero-order valence-electron chi connectivity index (χ0n) is 7.90. The van der Waals surface area contributed by atoms with Gasteiger partial charge in [0.05, 0.1) is 6.26 Å². The highest BCUT2D eigenvalue weighted by Gasteiger charge is 1.97. The lowest BCUT2D eigenvalue weighted by molar-refractivity contribution is 0.580. The Balaban J connectivity index is 0.000000396. The van der Waals surface area contributed by atoms with E-state index in [4.69, 9.17) is 4.42 Å². The normalized spacial score (nSPS) is 8.77. The molecule has 2 heteroatoms. The molecular formula is C11H13NO. The highest BCUT2D eigenvalue weighted by Crippen LogP contribution is 2.15. The molecule has 13 heavy (non-hydrogen) atoms. The van der Waals surface area contributed by atoms with Gasteiger partial charge in [0.1, 0.15) is 5.69 Å². The second-order valence-corrected chi connectivity index (χ2v) is 2.19. The van der Waals surface area contributed by atoms with E-state index in [0.29, 0.717) is 0 Å². The van der Waals surface area contributed by atoms with Crippen molar-refractivity contribution in [1.29, 1.82) is 0 Å². The monoisotopic (exact) mass is 175 g/mol. The summed E-state index contributed by atoms with van der Waals surface area (Å²) in [5, 5.41) is 0. The zero-order valence-corrected chi connectivity index (χ0v) is 7.90. The largest absolute Gasteiger partial charge is 0.463 e. The molecule has 2 aromatic heterocycles. The second kappa shape index (κ2) is 5.14. The number of rotatable bonds is 1. The van der Waals surface area contributed by atoms with Crippen molar-refractivity contribution < 1.29 is 4.42 Å². The lowest BCUT2D eigenvalue weighted by Gasteiger charge is -1.91. The molecule has 2 nitrogen and oxygen atoms in total. The first kappa shape index (κ1) is 9.52. The maximum absolute atomic E-state index is 5.16. The van der Waals surface area contributed by atoms with Gasteiger partial charge in [-0.25, -0.2) is 0 Å². The molecule has 0 fully saturated rings. The van der Waals surface area contributed by atoms with Crippen molar-refractivity contribution in [2.45, 2.75) is 13.8 Å². The summed E-state index contributed by atoms with van der Waals surface area (Å²) in [5.41, 5.74) is 0.873. The van der Waals surface area contributed by atoms with Crippen LogP contribution < -0.4 is 0 Å². The van der Waals surface area contributed by atoms with E-state index in [9.17, 15) is 0 Å². The van der Waals surface area contributed by atoms with Gasteiger partial charge in [0.15, 0.2) is 5.76 Å². The first-order valence-electron chi connectivity index (χ1n) is 4.42. The number of nitrogens with zero attached hydrogens (tertiary/aromatic N) is 1. The molecule has 2 heterocycles. The van der Waals surface area contributed by atoms with Gasteiger partial charge < -0.3 is 4.42 Å². The van der Waals surface area contributed by atoms with Gasteiger partial charge in [0, 0.05) is 6.20 Å². The molecule has 0 saturated heterocycles. The lowest BCUT2D eigenvalue weighted by Crippen LogP contribution is -1.76. The number of hydrogen-bond acceptors (Lipinski definition) is 2. The van der Waals surface area contributed by atoms with Gasteiger partial charge in [0.25, 0.3) is 0 Å². The third kappa shape index (κ3) is 2.44. The number of aromatic nitrogens is 1. The maximum atomic E-state index is 5.16. The molecule has 0 N–H and O–H groups in total. The smallest absolute Gasteiger partial charge is 0.152 e. The van der Waals surface area contributed by atoms with Gasteiger partial charge in [-0.2, -0.15) is 0 Å². The SMILES string of the molecule is CC.c1ccc(-c2ccco2)nc1. The predicted octanol–water partition coefficient (Wildman–Crippen LogP) is 3.37. The van der Waals surface area contributed by atoms with Crippen molar-refractivity contribution in [3.05, 3.63) is 42.8 Å². The van der Waals surface area contributed by atoms with E-state index in [-0.39, 0.29) is 0 Å². The molecule has 2 rings (SSSR count). The van der Waals surface area contributed by atoms with E-state index in [0.717, 1.165) is 11.5 Å². The fourth-order valence-corrected chi connectivity index (χ4v) is 0.933. The summed E-state index contributed by atoms with van der Waals surface area (Å²) in [6.45, 7) is 4.00. The molecule has 68 valence electrons. The van der Waals surface area contributed by atoms with Crippen LogP contribution in [0.25, 0.3) is 11.5 Å². The summed E-state index contributed by atoms with van der Waals surface area (Å²) in [6, 6.07) is 9.47. The minimum atomic E-state index is 0.811. The Bertz CT molecular complexity index is 313. The van der Waals surface area contributed by atoms with Crippen LogP contribution in [0.2, 0.25) is 0 Å². The molecule has 0 unspecified atom stereocenters. The van der Waals surface area contributed by atoms with E-state index in [1.807, 2.05) is 44.2 Å². The van der Waals surface area contributed by atoms with Crippen molar-refractivity contribution in [3.8, 4) is 11.5 Å². The average molecular weight is 175 g/mol. The molecule has 0 bridgehead atoms. The third-order valence-corrected chi connectivity index (χ3v) is 1.44. The zero-order chi connectivity index (χ0) is 9.52. The van der Waals surface area contributed by atoms with E-state index >= 15 is 0 Å². The fraction of sp³-hybridized carbons (Fsp3) is 0.182. The Hall–Kier alpha value is -1.57. The minimum absolute atomic E-state index is 0.811. The quantitative estimate of drug-likeness (QED) is 0.664. The Morgan fingerprint density at radius 3 is 2.46 bits per heavy atom. The minimum Gasteiger partial charge on any atom is -0.463 e. The Morgan fingerprint density at radius 1 is 1.08 bits per heavy atom. The number of pyridine rings is 1. The van der Waals surface area contributed by atoms with Crippen LogP contribution in [0.3, 0.4) is 0 Å². The van der Waals surface area contributed by atoms with Crippen LogP contribution in [0.15, 0.2) is 47.2 Å². The highest BCUT2D eigenvalue weighted by atomic mass is 16.3. The Morgan fingerprint density at radius 2 is 1.92 bits per heavy atom. The van der Waals surface area contributed by atoms with Crippen LogP contribution >= 0.6 is 0 Å². The first-order chi connectivity index (χ1) is 6.47. The van der Waals surface area contributed by atoms with E-state index in [1.54, 1.807) is 12.5 Å². The standard InChI is InChI=1S/C9H7NO.C2H6/c1-2-6-10-8(4-1)9-5-3-7-11-9;1-2/h1-7H;1-2H3. The average Bonchev–Trinajstić information content (AvgIpc) is 2.75. The number of hydrogen-bond donors (Lipinski definition) is 0. The molecule has 0 aliphatic heterocycles. The first-order valence-corrected chi connectivity index (χ1v) is 4.42. The second-order valence-electron chi connectivity index (χ2n) is 2.19. The molecule has 0 aliphatic rings. The molecular weight excluding hydrogens is 162 g/mol. The van der Waals surface area contributed by atoms with Gasteiger partial charge in [-0.3, -0.25) is 4.98 Å². The van der Waals surface area contributed by atoms with Gasteiger partial charge in [-0.15, -0.1) is 0 Å². The van der Waals surface area contributed by atoms with Crippen LogP contribution in [0.5, 0.6) is 0 Å². The van der Waals surface area contributed by atoms with Crippen molar-refractivity contribution >= 4 is 0 Å². The van der Waals surface area contributed by atoms with Gasteiger partial charge in [-0.1, -0.05) is 19.9 Å². The molecule has 0 aliphatic carbocycles. The number of furan rings is 1. The Labute approximate surface area is 78.2 Å². The topological polar surface area (TPSA) is 26.0 Å². The summed E-state index contributed by atoms with van der Waals surface area (Å²) in [4.78, 5) is 4.13. The molecule has 0 radical (unpaired) electrons. The van der Waals surface area contributed by atoms with Gasteiger partial charge in [0.2, 0.25) is 0 Å². The molecule has 0 atom stereocenters. The lowest BCUT2D eigenvalue weighted by atomic mass is 10.3. The van der Waals surface area contributed by atoms with Crippen molar-refractivity contribution in [1.82, 2.24) is 4.98 Å². The van der Waals surface area contributed by atoms with E-state index in [1.165, 1.54) is 0 Å². The Kier molecular flexibility index (Phi) is 3.76. The summed E-state index contributed by atoms with van der Waals surface area (Å²) in [5.74, 6) is 0.811. The van der Waals surface area contributed by atoms with Crippen molar-refractivity contribution in [2.75, 3.05) is 0 Å². The maximum Gasteiger partial charge on any atom is 0.152 e. The van der Waals surface area contributed by atoms with Gasteiger partial charge in [-0.05, 0) is 24.3 Å². The third-order valence-electron chi connectivity index (χ3n) is 1.44. The predicted molar refractivity (Wildman–Crippen MR) is 53.3 cm³/mol.